The van der Waals surface area contributed by atoms with Crippen LogP contribution in [-0.2, 0) is 4.79 Å². The van der Waals surface area contributed by atoms with Crippen LogP contribution < -0.4 is 5.32 Å². The quantitative estimate of drug-likeness (QED) is 0.199. The first-order chi connectivity index (χ1) is 12.4. The largest absolute Gasteiger partial charge is 0.385 e. The van der Waals surface area contributed by atoms with Gasteiger partial charge in [-0.05, 0) is 30.2 Å². The number of anilines is 1. The molecule has 1 N–H and O–H groups in total. The lowest BCUT2D eigenvalue weighted by atomic mass is 10.1. The maximum absolute atomic E-state index is 10.3. The van der Waals surface area contributed by atoms with E-state index in [1.54, 1.807) is 0 Å². The minimum atomic E-state index is 0.805. The molecule has 0 spiro atoms. The first-order valence-corrected chi connectivity index (χ1v) is 10.3. The summed E-state index contributed by atoms with van der Waals surface area (Å²) in [5.74, 6) is 0. The van der Waals surface area contributed by atoms with Crippen LogP contribution in [0.3, 0.4) is 0 Å². The van der Waals surface area contributed by atoms with Gasteiger partial charge in [-0.15, -0.1) is 0 Å². The van der Waals surface area contributed by atoms with Gasteiger partial charge in [0.2, 0.25) is 0 Å². The number of aldehydes is 1. The lowest BCUT2D eigenvalue weighted by Crippen LogP contribution is -2.01. The van der Waals surface area contributed by atoms with Crippen LogP contribution >= 0.6 is 0 Å². The van der Waals surface area contributed by atoms with Crippen LogP contribution in [0.4, 0.5) is 5.69 Å². The van der Waals surface area contributed by atoms with Gasteiger partial charge < -0.3 is 5.32 Å². The number of allylic oxidation sites excluding steroid dienone is 1. The third-order valence-corrected chi connectivity index (χ3v) is 4.64. The summed E-state index contributed by atoms with van der Waals surface area (Å²) in [5.41, 5.74) is 2.22. The Morgan fingerprint density at radius 2 is 1.28 bits per heavy atom. The predicted octanol–water partition coefficient (Wildman–Crippen LogP) is 7.01. The lowest BCUT2D eigenvalue weighted by molar-refractivity contribution is -0.104. The Balaban J connectivity index is 1.90. The van der Waals surface area contributed by atoms with Crippen molar-refractivity contribution in [3.8, 4) is 0 Å². The average Bonchev–Trinajstić information content (AvgIpc) is 2.65. The van der Waals surface area contributed by atoms with Crippen LogP contribution in [0.15, 0.2) is 30.3 Å². The summed E-state index contributed by atoms with van der Waals surface area (Å²) in [6.45, 7) is 3.32. The number of nitrogens with one attached hydrogen (secondary N) is 1. The SMILES string of the molecule is CCCCCCCCCCCCCCNc1ccc(C=CC=O)cc1. The van der Waals surface area contributed by atoms with E-state index in [-0.39, 0.29) is 0 Å². The van der Waals surface area contributed by atoms with Crippen molar-refractivity contribution < 1.29 is 4.79 Å². The summed E-state index contributed by atoms with van der Waals surface area (Å²) in [4.78, 5) is 10.3. The highest BCUT2D eigenvalue weighted by Crippen LogP contribution is 2.13. The Kier molecular flexibility index (Phi) is 13.7. The molecule has 0 heterocycles. The zero-order valence-corrected chi connectivity index (χ0v) is 16.1. The molecule has 0 aromatic heterocycles. The van der Waals surface area contributed by atoms with Crippen molar-refractivity contribution in [1.82, 2.24) is 0 Å². The number of hydrogen-bond acceptors (Lipinski definition) is 2. The van der Waals surface area contributed by atoms with E-state index in [9.17, 15) is 4.79 Å². The van der Waals surface area contributed by atoms with Gasteiger partial charge in [0, 0.05) is 12.2 Å². The highest BCUT2D eigenvalue weighted by molar-refractivity contribution is 5.74. The summed E-state index contributed by atoms with van der Waals surface area (Å²) in [6.07, 6.45) is 20.8. The third kappa shape index (κ3) is 12.4. The van der Waals surface area contributed by atoms with E-state index < -0.39 is 0 Å². The second-order valence-electron chi connectivity index (χ2n) is 6.93. The predicted molar refractivity (Wildman–Crippen MR) is 111 cm³/mol. The molecule has 0 aliphatic heterocycles. The Labute approximate surface area is 155 Å². The number of rotatable bonds is 16. The molecule has 1 aromatic rings. The molecule has 2 nitrogen and oxygen atoms in total. The Morgan fingerprint density at radius 3 is 1.80 bits per heavy atom. The van der Waals surface area contributed by atoms with Crippen molar-refractivity contribution >= 4 is 18.0 Å². The molecule has 0 atom stereocenters. The normalized spacial score (nSPS) is 11.1. The maximum Gasteiger partial charge on any atom is 0.142 e. The first kappa shape index (κ1) is 21.5. The fourth-order valence-corrected chi connectivity index (χ4v) is 3.06. The summed E-state index contributed by atoms with van der Waals surface area (Å²) >= 11 is 0. The number of carbonyl (C=O) groups excluding carboxylic acids is 1. The highest BCUT2D eigenvalue weighted by atomic mass is 16.1. The molecule has 0 saturated carbocycles. The van der Waals surface area contributed by atoms with Crippen molar-refractivity contribution in [2.75, 3.05) is 11.9 Å². The van der Waals surface area contributed by atoms with Gasteiger partial charge in [-0.2, -0.15) is 0 Å². The van der Waals surface area contributed by atoms with Gasteiger partial charge >= 0.3 is 0 Å². The van der Waals surface area contributed by atoms with E-state index in [0.29, 0.717) is 0 Å². The molecule has 0 amide bonds. The van der Waals surface area contributed by atoms with Crippen LogP contribution in [0.25, 0.3) is 6.08 Å². The summed E-state index contributed by atoms with van der Waals surface area (Å²) in [6, 6.07) is 8.21. The van der Waals surface area contributed by atoms with E-state index in [4.69, 9.17) is 0 Å². The van der Waals surface area contributed by atoms with Crippen molar-refractivity contribution in [2.45, 2.75) is 84.0 Å². The van der Waals surface area contributed by atoms with Gasteiger partial charge in [0.05, 0.1) is 0 Å². The monoisotopic (exact) mass is 343 g/mol. The van der Waals surface area contributed by atoms with Gasteiger partial charge in [0.1, 0.15) is 6.29 Å². The second-order valence-corrected chi connectivity index (χ2v) is 6.93. The molecule has 2 heteroatoms. The van der Waals surface area contributed by atoms with Crippen molar-refractivity contribution in [3.05, 3.63) is 35.9 Å². The van der Waals surface area contributed by atoms with Crippen LogP contribution in [0.1, 0.15) is 89.5 Å². The van der Waals surface area contributed by atoms with Gasteiger partial charge in [-0.25, -0.2) is 0 Å². The Morgan fingerprint density at radius 1 is 0.760 bits per heavy atom. The van der Waals surface area contributed by atoms with Crippen molar-refractivity contribution in [3.63, 3.8) is 0 Å². The van der Waals surface area contributed by atoms with Crippen molar-refractivity contribution in [2.24, 2.45) is 0 Å². The number of carbonyl (C=O) groups is 1. The van der Waals surface area contributed by atoms with Crippen molar-refractivity contribution in [1.29, 1.82) is 0 Å². The summed E-state index contributed by atoms with van der Waals surface area (Å²) in [5, 5.41) is 3.47. The molecule has 0 bridgehead atoms. The summed E-state index contributed by atoms with van der Waals surface area (Å²) in [7, 11) is 0. The van der Waals surface area contributed by atoms with E-state index >= 15 is 0 Å². The highest BCUT2D eigenvalue weighted by Gasteiger charge is 1.95. The van der Waals surface area contributed by atoms with Gasteiger partial charge in [-0.1, -0.05) is 95.8 Å². The molecule has 140 valence electrons. The number of benzene rings is 1. The molecule has 25 heavy (non-hydrogen) atoms. The second kappa shape index (κ2) is 15.9. The van der Waals surface area contributed by atoms with Crippen LogP contribution in [0.2, 0.25) is 0 Å². The molecular formula is C23H37NO. The number of unbranched alkanes of at least 4 members (excludes halogenated alkanes) is 11. The van der Waals surface area contributed by atoms with E-state index in [1.165, 1.54) is 83.1 Å². The first-order valence-electron chi connectivity index (χ1n) is 10.3. The zero-order chi connectivity index (χ0) is 18.0. The lowest BCUT2D eigenvalue weighted by Gasteiger charge is -2.07. The third-order valence-electron chi connectivity index (χ3n) is 4.64. The molecule has 0 saturated heterocycles. The van der Waals surface area contributed by atoms with E-state index in [2.05, 4.69) is 24.4 Å². The number of hydrogen-bond donors (Lipinski definition) is 1. The topological polar surface area (TPSA) is 29.1 Å². The Hall–Kier alpha value is -1.57. The van der Waals surface area contributed by atoms with Gasteiger partial charge in [0.15, 0.2) is 0 Å². The molecule has 1 rings (SSSR count). The standard InChI is InChI=1S/C23H37NO/c1-2-3-4-5-6-7-8-9-10-11-12-13-20-24-23-18-16-22(17-19-23)15-14-21-25/h14-19,21,24H,2-13,20H2,1H3. The van der Waals surface area contributed by atoms with Gasteiger partial charge in [-0.3, -0.25) is 4.79 Å². The molecule has 0 aliphatic carbocycles. The van der Waals surface area contributed by atoms with Crippen LogP contribution in [0.5, 0.6) is 0 Å². The average molecular weight is 344 g/mol. The smallest absolute Gasteiger partial charge is 0.142 e. The molecule has 1 aromatic carbocycles. The van der Waals surface area contributed by atoms with Crippen LogP contribution in [-0.4, -0.2) is 12.8 Å². The minimum absolute atomic E-state index is 0.805. The van der Waals surface area contributed by atoms with E-state index in [1.807, 2.05) is 18.2 Å². The van der Waals surface area contributed by atoms with Crippen LogP contribution in [0, 0.1) is 0 Å². The molecule has 0 radical (unpaired) electrons. The Bertz CT molecular complexity index is 450. The molecule has 0 aliphatic rings. The fraction of sp³-hybridized carbons (Fsp3) is 0.609. The fourth-order valence-electron chi connectivity index (χ4n) is 3.06. The zero-order valence-electron chi connectivity index (χ0n) is 16.1. The summed E-state index contributed by atoms with van der Waals surface area (Å²) < 4.78 is 0. The minimum Gasteiger partial charge on any atom is -0.385 e. The molecular weight excluding hydrogens is 306 g/mol. The molecule has 0 fully saturated rings. The molecule has 0 unspecified atom stereocenters. The maximum atomic E-state index is 10.3. The van der Waals surface area contributed by atoms with E-state index in [0.717, 1.165) is 24.1 Å². The van der Waals surface area contributed by atoms with Gasteiger partial charge in [0.25, 0.3) is 0 Å².